The molecule has 1 aliphatic rings. The van der Waals surface area contributed by atoms with Gasteiger partial charge in [0, 0.05) is 48.8 Å². The predicted molar refractivity (Wildman–Crippen MR) is 111 cm³/mol. The topological polar surface area (TPSA) is 86.6 Å². The number of hydrogen-bond donors (Lipinski definition) is 1. The van der Waals surface area contributed by atoms with Crippen molar-refractivity contribution in [3.05, 3.63) is 65.7 Å². The third-order valence-corrected chi connectivity index (χ3v) is 5.65. The molecule has 4 rings (SSSR count). The maximum atomic E-state index is 12.9. The molecule has 8 heteroatoms. The Morgan fingerprint density at radius 2 is 1.66 bits per heavy atom. The summed E-state index contributed by atoms with van der Waals surface area (Å²) in [6.07, 6.45) is -0.158. The van der Waals surface area contributed by atoms with E-state index in [0.29, 0.717) is 43.1 Å². The Morgan fingerprint density at radius 1 is 0.966 bits per heavy atom. The molecule has 0 unspecified atom stereocenters. The minimum Gasteiger partial charge on any atom is -0.481 e. The molecule has 148 valence electrons. The molecule has 7 nitrogen and oxygen atoms in total. The van der Waals surface area contributed by atoms with E-state index in [1.165, 1.54) is 11.5 Å². The lowest BCUT2D eigenvalue weighted by Gasteiger charge is -2.34. The molecule has 1 amide bonds. The first-order valence-electron chi connectivity index (χ1n) is 9.35. The molecule has 0 radical (unpaired) electrons. The Bertz CT molecular complexity index is 1010. The van der Waals surface area contributed by atoms with Crippen LogP contribution in [0.1, 0.15) is 15.9 Å². The van der Waals surface area contributed by atoms with Crippen LogP contribution in [0.3, 0.4) is 0 Å². The smallest absolute Gasteiger partial charge is 0.307 e. The van der Waals surface area contributed by atoms with E-state index in [-0.39, 0.29) is 12.3 Å². The van der Waals surface area contributed by atoms with Crippen LogP contribution in [0.15, 0.2) is 54.6 Å². The number of anilines is 1. The maximum Gasteiger partial charge on any atom is 0.307 e. The SMILES string of the molecule is O=C(O)Cc1ccccc1C(=O)N1CCN(c2nc(-c3ccccc3)ns2)CC1. The van der Waals surface area contributed by atoms with Crippen molar-refractivity contribution in [1.82, 2.24) is 14.3 Å². The van der Waals surface area contributed by atoms with Crippen LogP contribution >= 0.6 is 11.5 Å². The molecule has 1 aliphatic heterocycles. The Labute approximate surface area is 172 Å². The van der Waals surface area contributed by atoms with E-state index in [9.17, 15) is 9.59 Å². The molecule has 2 aromatic carbocycles. The van der Waals surface area contributed by atoms with Crippen LogP contribution in [0, 0.1) is 0 Å². The normalized spacial score (nSPS) is 14.1. The molecule has 3 aromatic rings. The molecule has 0 bridgehead atoms. The van der Waals surface area contributed by atoms with E-state index in [1.807, 2.05) is 30.3 Å². The van der Waals surface area contributed by atoms with Crippen LogP contribution in [0.5, 0.6) is 0 Å². The Kier molecular flexibility index (Phi) is 5.53. The highest BCUT2D eigenvalue weighted by Crippen LogP contribution is 2.25. The Morgan fingerprint density at radius 3 is 2.38 bits per heavy atom. The van der Waals surface area contributed by atoms with Crippen molar-refractivity contribution in [2.75, 3.05) is 31.1 Å². The first kappa shape index (κ1) is 19.1. The van der Waals surface area contributed by atoms with Crippen LogP contribution in [0.25, 0.3) is 11.4 Å². The van der Waals surface area contributed by atoms with E-state index >= 15 is 0 Å². The number of benzene rings is 2. The fraction of sp³-hybridized carbons (Fsp3) is 0.238. The molecule has 1 aromatic heterocycles. The Hall–Kier alpha value is -3.26. The number of piperazine rings is 1. The Balaban J connectivity index is 1.42. The average molecular weight is 408 g/mol. The van der Waals surface area contributed by atoms with Gasteiger partial charge >= 0.3 is 5.97 Å². The molecular formula is C21H20N4O3S. The fourth-order valence-electron chi connectivity index (χ4n) is 3.37. The first-order chi connectivity index (χ1) is 14.1. The molecular weight excluding hydrogens is 388 g/mol. The molecule has 0 aliphatic carbocycles. The van der Waals surface area contributed by atoms with E-state index in [1.54, 1.807) is 29.2 Å². The molecule has 1 saturated heterocycles. The number of carboxylic acids is 1. The molecule has 1 N–H and O–H groups in total. The van der Waals surface area contributed by atoms with Crippen molar-refractivity contribution >= 4 is 28.5 Å². The number of carbonyl (C=O) groups is 2. The van der Waals surface area contributed by atoms with Crippen LogP contribution < -0.4 is 4.90 Å². The maximum absolute atomic E-state index is 12.9. The fourth-order valence-corrected chi connectivity index (χ4v) is 4.11. The van der Waals surface area contributed by atoms with Crippen molar-refractivity contribution in [3.63, 3.8) is 0 Å². The van der Waals surface area contributed by atoms with E-state index < -0.39 is 5.97 Å². The highest BCUT2D eigenvalue weighted by molar-refractivity contribution is 7.09. The van der Waals surface area contributed by atoms with Crippen LogP contribution in [0.4, 0.5) is 5.13 Å². The van der Waals surface area contributed by atoms with Gasteiger partial charge in [0.2, 0.25) is 5.13 Å². The summed E-state index contributed by atoms with van der Waals surface area (Å²) in [5, 5.41) is 9.93. The van der Waals surface area contributed by atoms with Crippen molar-refractivity contribution in [1.29, 1.82) is 0 Å². The largest absolute Gasteiger partial charge is 0.481 e. The van der Waals surface area contributed by atoms with E-state index in [0.717, 1.165) is 10.7 Å². The number of aromatic nitrogens is 2. The van der Waals surface area contributed by atoms with Crippen LogP contribution in [-0.4, -0.2) is 57.4 Å². The van der Waals surface area contributed by atoms with Gasteiger partial charge in [-0.3, -0.25) is 9.59 Å². The van der Waals surface area contributed by atoms with Crippen molar-refractivity contribution in [2.24, 2.45) is 0 Å². The van der Waals surface area contributed by atoms with Gasteiger partial charge in [-0.1, -0.05) is 48.5 Å². The summed E-state index contributed by atoms with van der Waals surface area (Å²) >= 11 is 1.36. The standard InChI is InChI=1S/C21H20N4O3S/c26-18(27)14-16-8-4-5-9-17(16)20(28)24-10-12-25(13-11-24)21-22-19(23-29-21)15-6-2-1-3-7-15/h1-9H,10-14H2,(H,26,27). The van der Waals surface area contributed by atoms with Crippen molar-refractivity contribution < 1.29 is 14.7 Å². The summed E-state index contributed by atoms with van der Waals surface area (Å²) < 4.78 is 4.46. The number of rotatable bonds is 5. The number of aliphatic carboxylic acids is 1. The van der Waals surface area contributed by atoms with Gasteiger partial charge in [0.15, 0.2) is 5.82 Å². The molecule has 0 atom stereocenters. The third kappa shape index (κ3) is 4.27. The lowest BCUT2D eigenvalue weighted by molar-refractivity contribution is -0.136. The molecule has 29 heavy (non-hydrogen) atoms. The second kappa shape index (κ2) is 8.40. The molecule has 2 heterocycles. The van der Waals surface area contributed by atoms with Gasteiger partial charge in [-0.05, 0) is 11.6 Å². The van der Waals surface area contributed by atoms with Gasteiger partial charge in [0.1, 0.15) is 0 Å². The second-order valence-corrected chi connectivity index (χ2v) is 7.50. The molecule has 1 fully saturated rings. The monoisotopic (exact) mass is 408 g/mol. The summed E-state index contributed by atoms with van der Waals surface area (Å²) in [6, 6.07) is 16.8. The van der Waals surface area contributed by atoms with Gasteiger partial charge in [0.05, 0.1) is 6.42 Å². The number of carbonyl (C=O) groups excluding carboxylic acids is 1. The molecule has 0 saturated carbocycles. The van der Waals surface area contributed by atoms with Gasteiger partial charge in [-0.25, -0.2) is 0 Å². The average Bonchev–Trinajstić information content (AvgIpc) is 3.24. The highest BCUT2D eigenvalue weighted by atomic mass is 32.1. The van der Waals surface area contributed by atoms with Gasteiger partial charge in [-0.2, -0.15) is 9.36 Å². The minimum atomic E-state index is -0.944. The summed E-state index contributed by atoms with van der Waals surface area (Å²) in [6.45, 7) is 2.44. The lowest BCUT2D eigenvalue weighted by atomic mass is 10.0. The van der Waals surface area contributed by atoms with Gasteiger partial charge in [-0.15, -0.1) is 0 Å². The summed E-state index contributed by atoms with van der Waals surface area (Å²) in [5.74, 6) is -0.351. The number of carboxylic acid groups (broad SMARTS) is 1. The number of nitrogens with zero attached hydrogens (tertiary/aromatic N) is 4. The second-order valence-electron chi connectivity index (χ2n) is 6.77. The molecule has 0 spiro atoms. The zero-order valence-corrected chi connectivity index (χ0v) is 16.5. The first-order valence-corrected chi connectivity index (χ1v) is 10.1. The highest BCUT2D eigenvalue weighted by Gasteiger charge is 2.25. The van der Waals surface area contributed by atoms with E-state index in [4.69, 9.17) is 5.11 Å². The van der Waals surface area contributed by atoms with E-state index in [2.05, 4.69) is 14.3 Å². The van der Waals surface area contributed by atoms with Crippen molar-refractivity contribution in [2.45, 2.75) is 6.42 Å². The van der Waals surface area contributed by atoms with Crippen molar-refractivity contribution in [3.8, 4) is 11.4 Å². The lowest BCUT2D eigenvalue weighted by Crippen LogP contribution is -2.49. The number of hydrogen-bond acceptors (Lipinski definition) is 6. The third-order valence-electron chi connectivity index (χ3n) is 4.87. The van der Waals surface area contributed by atoms with Crippen LogP contribution in [-0.2, 0) is 11.2 Å². The van der Waals surface area contributed by atoms with Crippen LogP contribution in [0.2, 0.25) is 0 Å². The zero-order chi connectivity index (χ0) is 20.2. The number of amides is 1. The van der Waals surface area contributed by atoms with Gasteiger partial charge in [0.25, 0.3) is 5.91 Å². The van der Waals surface area contributed by atoms with Gasteiger partial charge < -0.3 is 14.9 Å². The summed E-state index contributed by atoms with van der Waals surface area (Å²) in [4.78, 5) is 32.6. The zero-order valence-electron chi connectivity index (χ0n) is 15.7. The minimum absolute atomic E-state index is 0.122. The predicted octanol–water partition coefficient (Wildman–Crippen LogP) is 2.79. The summed E-state index contributed by atoms with van der Waals surface area (Å²) in [5.41, 5.74) is 1.99. The summed E-state index contributed by atoms with van der Waals surface area (Å²) in [7, 11) is 0. The quantitative estimate of drug-likeness (QED) is 0.699.